The fourth-order valence-corrected chi connectivity index (χ4v) is 3.11. The fourth-order valence-electron chi connectivity index (χ4n) is 3.11. The van der Waals surface area contributed by atoms with Gasteiger partial charge in [-0.3, -0.25) is 0 Å². The van der Waals surface area contributed by atoms with Crippen LogP contribution >= 0.6 is 0 Å². The molecule has 26 heavy (non-hydrogen) atoms. The summed E-state index contributed by atoms with van der Waals surface area (Å²) in [6, 6.07) is 20.6. The summed E-state index contributed by atoms with van der Waals surface area (Å²) >= 11 is 0. The molecule has 5 heteroatoms. The van der Waals surface area contributed by atoms with Gasteiger partial charge in [0.25, 0.3) is 0 Å². The SMILES string of the molecule is Cc1nc(Nc2ccc(N3CCOCC3)cc2)cc(-c2ccccc2)n1. The van der Waals surface area contributed by atoms with Crippen LogP contribution in [0.3, 0.4) is 0 Å². The molecule has 0 radical (unpaired) electrons. The molecule has 1 aliphatic rings. The van der Waals surface area contributed by atoms with E-state index in [1.807, 2.05) is 31.2 Å². The molecule has 0 saturated carbocycles. The number of morpholine rings is 1. The third kappa shape index (κ3) is 3.83. The average molecular weight is 346 g/mol. The molecule has 0 aliphatic carbocycles. The second-order valence-corrected chi connectivity index (χ2v) is 6.32. The molecule has 0 atom stereocenters. The van der Waals surface area contributed by atoms with Crippen molar-refractivity contribution in [3.8, 4) is 11.3 Å². The van der Waals surface area contributed by atoms with Crippen molar-refractivity contribution in [1.29, 1.82) is 0 Å². The molecular weight excluding hydrogens is 324 g/mol. The van der Waals surface area contributed by atoms with Crippen molar-refractivity contribution < 1.29 is 4.74 Å². The second kappa shape index (κ2) is 7.54. The highest BCUT2D eigenvalue weighted by Gasteiger charge is 2.11. The van der Waals surface area contributed by atoms with Gasteiger partial charge in [-0.15, -0.1) is 0 Å². The molecule has 1 aliphatic heterocycles. The van der Waals surface area contributed by atoms with Gasteiger partial charge in [-0.2, -0.15) is 0 Å². The Balaban J connectivity index is 1.52. The topological polar surface area (TPSA) is 50.3 Å². The van der Waals surface area contributed by atoms with Crippen LogP contribution in [0.1, 0.15) is 5.82 Å². The maximum Gasteiger partial charge on any atom is 0.134 e. The van der Waals surface area contributed by atoms with Crippen LogP contribution in [0, 0.1) is 6.92 Å². The molecule has 1 fully saturated rings. The number of nitrogens with zero attached hydrogens (tertiary/aromatic N) is 3. The summed E-state index contributed by atoms with van der Waals surface area (Å²) < 4.78 is 5.41. The van der Waals surface area contributed by atoms with E-state index in [0.717, 1.165) is 54.9 Å². The van der Waals surface area contributed by atoms with Crippen LogP contribution in [0.25, 0.3) is 11.3 Å². The molecule has 0 unspecified atom stereocenters. The van der Waals surface area contributed by atoms with Crippen molar-refractivity contribution in [2.75, 3.05) is 36.5 Å². The van der Waals surface area contributed by atoms with Crippen molar-refractivity contribution in [3.05, 3.63) is 66.5 Å². The standard InChI is InChI=1S/C21H22N4O/c1-16-22-20(17-5-3-2-4-6-17)15-21(23-16)24-18-7-9-19(10-8-18)25-11-13-26-14-12-25/h2-10,15H,11-14H2,1H3,(H,22,23,24). The molecule has 0 amide bonds. The minimum atomic E-state index is 0.749. The first-order chi connectivity index (χ1) is 12.8. The highest BCUT2D eigenvalue weighted by Crippen LogP contribution is 2.24. The molecule has 2 heterocycles. The summed E-state index contributed by atoms with van der Waals surface area (Å²) in [4.78, 5) is 11.4. The zero-order chi connectivity index (χ0) is 17.8. The summed E-state index contributed by atoms with van der Waals surface area (Å²) in [6.07, 6.45) is 0. The lowest BCUT2D eigenvalue weighted by molar-refractivity contribution is 0.122. The number of hydrogen-bond acceptors (Lipinski definition) is 5. The number of ether oxygens (including phenoxy) is 1. The van der Waals surface area contributed by atoms with Crippen molar-refractivity contribution in [3.63, 3.8) is 0 Å². The predicted molar refractivity (Wildman–Crippen MR) is 105 cm³/mol. The van der Waals surface area contributed by atoms with Gasteiger partial charge in [0, 0.05) is 36.1 Å². The Bertz CT molecular complexity index is 859. The molecule has 5 nitrogen and oxygen atoms in total. The van der Waals surface area contributed by atoms with Crippen LogP contribution in [0.4, 0.5) is 17.2 Å². The van der Waals surface area contributed by atoms with Crippen molar-refractivity contribution in [2.24, 2.45) is 0 Å². The van der Waals surface area contributed by atoms with E-state index in [1.165, 1.54) is 5.69 Å². The Hall–Kier alpha value is -2.92. The normalized spacial score (nSPS) is 14.3. The number of anilines is 3. The lowest BCUT2D eigenvalue weighted by Gasteiger charge is -2.28. The average Bonchev–Trinajstić information content (AvgIpc) is 2.69. The highest BCUT2D eigenvalue weighted by atomic mass is 16.5. The zero-order valence-electron chi connectivity index (χ0n) is 14.9. The van der Waals surface area contributed by atoms with Crippen molar-refractivity contribution in [2.45, 2.75) is 6.92 Å². The number of aryl methyl sites for hydroxylation is 1. The molecule has 1 aromatic heterocycles. The maximum atomic E-state index is 5.41. The van der Waals surface area contributed by atoms with Crippen LogP contribution in [-0.4, -0.2) is 36.3 Å². The summed E-state index contributed by atoms with van der Waals surface area (Å²) in [5.74, 6) is 1.55. The summed E-state index contributed by atoms with van der Waals surface area (Å²) in [5.41, 5.74) is 4.25. The Morgan fingerprint density at radius 2 is 1.65 bits per heavy atom. The quantitative estimate of drug-likeness (QED) is 0.773. The second-order valence-electron chi connectivity index (χ2n) is 6.32. The molecule has 1 N–H and O–H groups in total. The number of hydrogen-bond donors (Lipinski definition) is 1. The first kappa shape index (κ1) is 16.5. The molecule has 3 aromatic rings. The molecule has 132 valence electrons. The van der Waals surface area contributed by atoms with E-state index >= 15 is 0 Å². The van der Waals surface area contributed by atoms with E-state index in [0.29, 0.717) is 0 Å². The first-order valence-corrected chi connectivity index (χ1v) is 8.89. The minimum absolute atomic E-state index is 0.749. The van der Waals surface area contributed by atoms with E-state index in [-0.39, 0.29) is 0 Å². The van der Waals surface area contributed by atoms with Gasteiger partial charge in [0.15, 0.2) is 0 Å². The maximum absolute atomic E-state index is 5.41. The van der Waals surface area contributed by atoms with Gasteiger partial charge in [-0.05, 0) is 31.2 Å². The molecular formula is C21H22N4O. The van der Waals surface area contributed by atoms with E-state index in [4.69, 9.17) is 4.74 Å². The summed E-state index contributed by atoms with van der Waals surface area (Å²) in [7, 11) is 0. The van der Waals surface area contributed by atoms with Gasteiger partial charge < -0.3 is 15.0 Å². The van der Waals surface area contributed by atoms with Gasteiger partial charge in [-0.1, -0.05) is 30.3 Å². The Morgan fingerprint density at radius 1 is 0.923 bits per heavy atom. The smallest absolute Gasteiger partial charge is 0.134 e. The molecule has 1 saturated heterocycles. The van der Waals surface area contributed by atoms with Crippen LogP contribution in [0.5, 0.6) is 0 Å². The van der Waals surface area contributed by atoms with Crippen molar-refractivity contribution >= 4 is 17.2 Å². The third-order valence-corrected chi connectivity index (χ3v) is 4.42. The Labute approximate surface area is 153 Å². The Morgan fingerprint density at radius 3 is 2.38 bits per heavy atom. The fraction of sp³-hybridized carbons (Fsp3) is 0.238. The van der Waals surface area contributed by atoms with E-state index in [1.54, 1.807) is 0 Å². The van der Waals surface area contributed by atoms with E-state index in [2.05, 4.69) is 56.6 Å². The number of aromatic nitrogens is 2. The monoisotopic (exact) mass is 346 g/mol. The predicted octanol–water partition coefficient (Wildman–Crippen LogP) is 4.03. The van der Waals surface area contributed by atoms with Gasteiger partial charge in [0.1, 0.15) is 11.6 Å². The first-order valence-electron chi connectivity index (χ1n) is 8.89. The zero-order valence-corrected chi connectivity index (χ0v) is 14.9. The van der Waals surface area contributed by atoms with Crippen LogP contribution in [0.15, 0.2) is 60.7 Å². The number of rotatable bonds is 4. The molecule has 0 bridgehead atoms. The number of benzene rings is 2. The van der Waals surface area contributed by atoms with Gasteiger partial charge in [0.05, 0.1) is 18.9 Å². The largest absolute Gasteiger partial charge is 0.378 e. The van der Waals surface area contributed by atoms with E-state index in [9.17, 15) is 0 Å². The van der Waals surface area contributed by atoms with E-state index < -0.39 is 0 Å². The van der Waals surface area contributed by atoms with Crippen LogP contribution in [0.2, 0.25) is 0 Å². The Kier molecular flexibility index (Phi) is 4.80. The lowest BCUT2D eigenvalue weighted by atomic mass is 10.1. The van der Waals surface area contributed by atoms with Gasteiger partial charge >= 0.3 is 0 Å². The third-order valence-electron chi connectivity index (χ3n) is 4.42. The highest BCUT2D eigenvalue weighted by molar-refractivity contribution is 5.66. The number of nitrogens with one attached hydrogen (secondary N) is 1. The summed E-state index contributed by atoms with van der Waals surface area (Å²) in [6.45, 7) is 5.39. The summed E-state index contributed by atoms with van der Waals surface area (Å²) in [5, 5.41) is 3.39. The van der Waals surface area contributed by atoms with Crippen LogP contribution in [-0.2, 0) is 4.74 Å². The van der Waals surface area contributed by atoms with Gasteiger partial charge in [0.2, 0.25) is 0 Å². The van der Waals surface area contributed by atoms with Crippen molar-refractivity contribution in [1.82, 2.24) is 9.97 Å². The molecule has 2 aromatic carbocycles. The minimum Gasteiger partial charge on any atom is -0.378 e. The molecule has 4 rings (SSSR count). The van der Waals surface area contributed by atoms with Crippen LogP contribution < -0.4 is 10.2 Å². The van der Waals surface area contributed by atoms with Gasteiger partial charge in [-0.25, -0.2) is 9.97 Å². The molecule has 0 spiro atoms. The lowest BCUT2D eigenvalue weighted by Crippen LogP contribution is -2.36.